The Balaban J connectivity index is 2.20. The highest BCUT2D eigenvalue weighted by molar-refractivity contribution is 6.31. The van der Waals surface area contributed by atoms with Crippen LogP contribution in [0.2, 0.25) is 5.02 Å². The molecule has 2 nitrogen and oxygen atoms in total. The number of hydrogen-bond acceptors (Lipinski definition) is 2. The van der Waals surface area contributed by atoms with Crippen molar-refractivity contribution in [3.63, 3.8) is 0 Å². The Bertz CT molecular complexity index is 391. The molecule has 4 heteroatoms. The average molecular weight is 258 g/mol. The number of piperidine rings is 1. The highest BCUT2D eigenvalue weighted by Crippen LogP contribution is 2.33. The molecule has 1 aromatic rings. The predicted molar refractivity (Wildman–Crippen MR) is 66.7 cm³/mol. The standard InChI is InChI=1S/C13H17ClFNO/c14-12-10(3-1-4-11(12)15)7-13(9-17)5-2-6-16-8-13/h1,3-4,16-17H,2,5-9H2. The van der Waals surface area contributed by atoms with E-state index in [1.807, 2.05) is 6.07 Å². The smallest absolute Gasteiger partial charge is 0.142 e. The first-order chi connectivity index (χ1) is 8.17. The van der Waals surface area contributed by atoms with Crippen molar-refractivity contribution in [2.24, 2.45) is 5.41 Å². The number of rotatable bonds is 3. The summed E-state index contributed by atoms with van der Waals surface area (Å²) in [5, 5.41) is 13.1. The van der Waals surface area contributed by atoms with Crippen molar-refractivity contribution in [1.82, 2.24) is 5.32 Å². The monoisotopic (exact) mass is 257 g/mol. The van der Waals surface area contributed by atoms with Crippen LogP contribution >= 0.6 is 11.6 Å². The van der Waals surface area contributed by atoms with Gasteiger partial charge in [-0.1, -0.05) is 23.7 Å². The Morgan fingerprint density at radius 3 is 2.94 bits per heavy atom. The van der Waals surface area contributed by atoms with Gasteiger partial charge in [-0.25, -0.2) is 4.39 Å². The molecule has 1 saturated heterocycles. The van der Waals surface area contributed by atoms with E-state index in [2.05, 4.69) is 5.32 Å². The topological polar surface area (TPSA) is 32.3 Å². The molecule has 0 spiro atoms. The molecule has 1 unspecified atom stereocenters. The average Bonchev–Trinajstić information content (AvgIpc) is 2.36. The second kappa shape index (κ2) is 5.34. The molecule has 2 N–H and O–H groups in total. The number of aliphatic hydroxyl groups excluding tert-OH is 1. The highest BCUT2D eigenvalue weighted by atomic mass is 35.5. The fourth-order valence-electron chi connectivity index (χ4n) is 2.46. The van der Waals surface area contributed by atoms with Gasteiger partial charge in [0, 0.05) is 12.0 Å². The minimum Gasteiger partial charge on any atom is -0.396 e. The van der Waals surface area contributed by atoms with Gasteiger partial charge in [0.15, 0.2) is 0 Å². The molecule has 94 valence electrons. The maximum atomic E-state index is 13.4. The first-order valence-electron chi connectivity index (χ1n) is 5.91. The quantitative estimate of drug-likeness (QED) is 0.872. The molecule has 0 aliphatic carbocycles. The van der Waals surface area contributed by atoms with Crippen LogP contribution in [-0.2, 0) is 6.42 Å². The summed E-state index contributed by atoms with van der Waals surface area (Å²) in [6.45, 7) is 1.85. The van der Waals surface area contributed by atoms with Crippen LogP contribution < -0.4 is 5.32 Å². The van der Waals surface area contributed by atoms with Crippen LogP contribution in [0.25, 0.3) is 0 Å². The molecule has 1 aliphatic heterocycles. The third-order valence-corrected chi connectivity index (χ3v) is 3.92. The molecule has 17 heavy (non-hydrogen) atoms. The fraction of sp³-hybridized carbons (Fsp3) is 0.538. The fourth-order valence-corrected chi connectivity index (χ4v) is 2.65. The summed E-state index contributed by atoms with van der Waals surface area (Å²) in [5.41, 5.74) is 0.583. The minimum absolute atomic E-state index is 0.104. The number of nitrogens with one attached hydrogen (secondary N) is 1. The van der Waals surface area contributed by atoms with Crippen molar-refractivity contribution in [3.05, 3.63) is 34.6 Å². The molecule has 1 aromatic carbocycles. The highest BCUT2D eigenvalue weighted by Gasteiger charge is 2.32. The summed E-state index contributed by atoms with van der Waals surface area (Å²) in [4.78, 5) is 0. The molecular weight excluding hydrogens is 241 g/mol. The van der Waals surface area contributed by atoms with Crippen LogP contribution in [0.15, 0.2) is 18.2 Å². The molecule has 1 aliphatic rings. The molecule has 0 saturated carbocycles. The van der Waals surface area contributed by atoms with Gasteiger partial charge in [-0.15, -0.1) is 0 Å². The molecule has 1 fully saturated rings. The number of hydrogen-bond donors (Lipinski definition) is 2. The van der Waals surface area contributed by atoms with Crippen molar-refractivity contribution in [3.8, 4) is 0 Å². The Hall–Kier alpha value is -0.640. The van der Waals surface area contributed by atoms with E-state index in [0.717, 1.165) is 31.5 Å². The third-order valence-electron chi connectivity index (χ3n) is 3.49. The summed E-state index contributed by atoms with van der Waals surface area (Å²) in [5.74, 6) is -0.388. The van der Waals surface area contributed by atoms with Gasteiger partial charge in [-0.2, -0.15) is 0 Å². The summed E-state index contributed by atoms with van der Waals surface area (Å²) in [6, 6.07) is 4.85. The van der Waals surface area contributed by atoms with Crippen molar-refractivity contribution >= 4 is 11.6 Å². The normalized spacial score (nSPS) is 24.9. The Labute approximate surface area is 106 Å². The maximum Gasteiger partial charge on any atom is 0.142 e. The SMILES string of the molecule is OCC1(Cc2cccc(F)c2Cl)CCCNC1. The van der Waals surface area contributed by atoms with Crippen LogP contribution in [0, 0.1) is 11.2 Å². The number of halogens is 2. The molecule has 0 radical (unpaired) electrons. The lowest BCUT2D eigenvalue weighted by Gasteiger charge is -2.36. The van der Waals surface area contributed by atoms with Gasteiger partial charge in [-0.05, 0) is 37.4 Å². The van der Waals surface area contributed by atoms with E-state index in [9.17, 15) is 9.50 Å². The maximum absolute atomic E-state index is 13.4. The van der Waals surface area contributed by atoms with E-state index in [0.29, 0.717) is 6.42 Å². The third kappa shape index (κ3) is 2.79. The molecule has 2 rings (SSSR count). The van der Waals surface area contributed by atoms with E-state index < -0.39 is 0 Å². The number of benzene rings is 1. The van der Waals surface area contributed by atoms with Crippen molar-refractivity contribution < 1.29 is 9.50 Å². The second-order valence-electron chi connectivity index (χ2n) is 4.83. The zero-order chi connectivity index (χ0) is 12.3. The van der Waals surface area contributed by atoms with Crippen molar-refractivity contribution in [1.29, 1.82) is 0 Å². The summed E-state index contributed by atoms with van der Waals surface area (Å²) >= 11 is 5.95. The van der Waals surface area contributed by atoms with Gasteiger partial charge >= 0.3 is 0 Å². The van der Waals surface area contributed by atoms with Gasteiger partial charge in [-0.3, -0.25) is 0 Å². The molecule has 0 aromatic heterocycles. The van der Waals surface area contributed by atoms with Crippen LogP contribution in [0.1, 0.15) is 18.4 Å². The summed E-state index contributed by atoms with van der Waals surface area (Å²) in [7, 11) is 0. The lowest BCUT2D eigenvalue weighted by Crippen LogP contribution is -2.44. The molecule has 0 bridgehead atoms. The van der Waals surface area contributed by atoms with Crippen LogP contribution in [0.4, 0.5) is 4.39 Å². The van der Waals surface area contributed by atoms with Gasteiger partial charge in [0.05, 0.1) is 11.6 Å². The van der Waals surface area contributed by atoms with Crippen molar-refractivity contribution in [2.75, 3.05) is 19.7 Å². The lowest BCUT2D eigenvalue weighted by atomic mass is 9.76. The predicted octanol–water partition coefficient (Wildman–Crippen LogP) is 2.38. The van der Waals surface area contributed by atoms with E-state index in [4.69, 9.17) is 11.6 Å². The van der Waals surface area contributed by atoms with Gasteiger partial charge in [0.25, 0.3) is 0 Å². The zero-order valence-electron chi connectivity index (χ0n) is 9.68. The lowest BCUT2D eigenvalue weighted by molar-refractivity contribution is 0.0947. The Morgan fingerprint density at radius 1 is 1.47 bits per heavy atom. The molecule has 1 heterocycles. The van der Waals surface area contributed by atoms with Gasteiger partial charge < -0.3 is 10.4 Å². The minimum atomic E-state index is -0.388. The Kier molecular flexibility index (Phi) is 4.02. The first-order valence-corrected chi connectivity index (χ1v) is 6.29. The van der Waals surface area contributed by atoms with Crippen molar-refractivity contribution in [2.45, 2.75) is 19.3 Å². The van der Waals surface area contributed by atoms with E-state index >= 15 is 0 Å². The Morgan fingerprint density at radius 2 is 2.29 bits per heavy atom. The number of aliphatic hydroxyl groups is 1. The first kappa shape index (κ1) is 12.8. The van der Waals surface area contributed by atoms with E-state index in [-0.39, 0.29) is 22.9 Å². The largest absolute Gasteiger partial charge is 0.396 e. The molecular formula is C13H17ClFNO. The molecule has 0 amide bonds. The summed E-state index contributed by atoms with van der Waals surface area (Å²) < 4.78 is 13.4. The van der Waals surface area contributed by atoms with Crippen LogP contribution in [0.3, 0.4) is 0 Å². The zero-order valence-corrected chi connectivity index (χ0v) is 10.4. The van der Waals surface area contributed by atoms with Gasteiger partial charge in [0.2, 0.25) is 0 Å². The molecule has 1 atom stereocenters. The van der Waals surface area contributed by atoms with E-state index in [1.54, 1.807) is 6.07 Å². The summed E-state index contributed by atoms with van der Waals surface area (Å²) in [6.07, 6.45) is 2.60. The van der Waals surface area contributed by atoms with Gasteiger partial charge in [0.1, 0.15) is 5.82 Å². The van der Waals surface area contributed by atoms with E-state index in [1.165, 1.54) is 6.07 Å². The van der Waals surface area contributed by atoms with Crippen LogP contribution in [-0.4, -0.2) is 24.8 Å². The second-order valence-corrected chi connectivity index (χ2v) is 5.21. The van der Waals surface area contributed by atoms with Crippen LogP contribution in [0.5, 0.6) is 0 Å².